The Labute approximate surface area is 146 Å². The predicted octanol–water partition coefficient (Wildman–Crippen LogP) is 3.44. The molecule has 1 N–H and O–H groups in total. The molecular weight excluding hydrogens is 318 g/mol. The molecule has 0 bridgehead atoms. The Bertz CT molecular complexity index is 770. The second-order valence-electron chi connectivity index (χ2n) is 6.30. The van der Waals surface area contributed by atoms with Crippen LogP contribution in [-0.4, -0.2) is 30.8 Å². The van der Waals surface area contributed by atoms with Crippen LogP contribution in [0.25, 0.3) is 0 Å². The molecule has 0 unspecified atom stereocenters. The van der Waals surface area contributed by atoms with Gasteiger partial charge in [-0.1, -0.05) is 18.9 Å². The fourth-order valence-corrected chi connectivity index (χ4v) is 3.20. The fraction of sp³-hybridized carbons (Fsp3) is 0.368. The van der Waals surface area contributed by atoms with Gasteiger partial charge in [0.05, 0.1) is 0 Å². The predicted molar refractivity (Wildman–Crippen MR) is 95.4 cm³/mol. The zero-order valence-electron chi connectivity index (χ0n) is 14.0. The zero-order chi connectivity index (χ0) is 17.1. The van der Waals surface area contributed by atoms with Crippen LogP contribution >= 0.6 is 0 Å². The first kappa shape index (κ1) is 15.7. The van der Waals surface area contributed by atoms with Gasteiger partial charge >= 0.3 is 0 Å². The van der Waals surface area contributed by atoms with Gasteiger partial charge in [-0.05, 0) is 37.1 Å². The van der Waals surface area contributed by atoms with Crippen LogP contribution in [0.2, 0.25) is 0 Å². The molecule has 0 radical (unpaired) electrons. The SMILES string of the molecule is O=C(Nc1ccc2c(c1)OCO2)c1cccc(N2CCCCCC2)n1. The number of hydrogen-bond donors (Lipinski definition) is 1. The molecule has 1 aromatic carbocycles. The number of amides is 1. The number of carbonyl (C=O) groups is 1. The van der Waals surface area contributed by atoms with Gasteiger partial charge in [-0.2, -0.15) is 0 Å². The Kier molecular flexibility index (Phi) is 4.41. The molecule has 1 saturated heterocycles. The van der Waals surface area contributed by atoms with Gasteiger partial charge in [0.2, 0.25) is 6.79 Å². The Morgan fingerprint density at radius 1 is 1.00 bits per heavy atom. The first-order valence-corrected chi connectivity index (χ1v) is 8.73. The Balaban J connectivity index is 1.49. The molecule has 1 fully saturated rings. The number of ether oxygens (including phenoxy) is 2. The van der Waals surface area contributed by atoms with Crippen molar-refractivity contribution >= 4 is 17.4 Å². The molecule has 2 aliphatic rings. The fourth-order valence-electron chi connectivity index (χ4n) is 3.20. The molecule has 0 spiro atoms. The van der Waals surface area contributed by atoms with E-state index in [-0.39, 0.29) is 12.7 Å². The van der Waals surface area contributed by atoms with Gasteiger partial charge in [-0.25, -0.2) is 4.98 Å². The zero-order valence-corrected chi connectivity index (χ0v) is 14.0. The smallest absolute Gasteiger partial charge is 0.274 e. The number of nitrogens with one attached hydrogen (secondary N) is 1. The summed E-state index contributed by atoms with van der Waals surface area (Å²) in [6.45, 7) is 2.21. The van der Waals surface area contributed by atoms with Crippen molar-refractivity contribution in [2.45, 2.75) is 25.7 Å². The monoisotopic (exact) mass is 339 g/mol. The average Bonchev–Trinajstić information content (AvgIpc) is 2.93. The first-order chi connectivity index (χ1) is 12.3. The van der Waals surface area contributed by atoms with Crippen LogP contribution in [0.3, 0.4) is 0 Å². The summed E-state index contributed by atoms with van der Waals surface area (Å²) in [6, 6.07) is 11.0. The number of hydrogen-bond acceptors (Lipinski definition) is 5. The van der Waals surface area contributed by atoms with E-state index >= 15 is 0 Å². The summed E-state index contributed by atoms with van der Waals surface area (Å²) in [6.07, 6.45) is 4.88. The molecule has 1 aromatic heterocycles. The molecule has 6 heteroatoms. The summed E-state index contributed by atoms with van der Waals surface area (Å²) in [5, 5.41) is 2.87. The van der Waals surface area contributed by atoms with E-state index in [1.54, 1.807) is 24.3 Å². The van der Waals surface area contributed by atoms with Crippen molar-refractivity contribution in [3.05, 3.63) is 42.1 Å². The van der Waals surface area contributed by atoms with Gasteiger partial charge in [0.15, 0.2) is 11.5 Å². The van der Waals surface area contributed by atoms with Gasteiger partial charge in [0.1, 0.15) is 11.5 Å². The molecule has 0 saturated carbocycles. The maximum atomic E-state index is 12.6. The molecule has 0 atom stereocenters. The van der Waals surface area contributed by atoms with Crippen LogP contribution in [-0.2, 0) is 0 Å². The number of anilines is 2. The van der Waals surface area contributed by atoms with E-state index in [1.807, 2.05) is 12.1 Å². The minimum atomic E-state index is -0.226. The summed E-state index contributed by atoms with van der Waals surface area (Å²) in [5.41, 5.74) is 1.08. The highest BCUT2D eigenvalue weighted by Gasteiger charge is 2.16. The molecule has 25 heavy (non-hydrogen) atoms. The number of aromatic nitrogens is 1. The Hall–Kier alpha value is -2.76. The maximum Gasteiger partial charge on any atom is 0.274 e. The van der Waals surface area contributed by atoms with Crippen molar-refractivity contribution in [2.24, 2.45) is 0 Å². The Morgan fingerprint density at radius 2 is 1.80 bits per heavy atom. The summed E-state index contributed by atoms with van der Waals surface area (Å²) in [5.74, 6) is 1.99. The lowest BCUT2D eigenvalue weighted by Gasteiger charge is -2.21. The number of pyridine rings is 1. The quantitative estimate of drug-likeness (QED) is 0.928. The number of rotatable bonds is 3. The third-order valence-corrected chi connectivity index (χ3v) is 4.53. The van der Waals surface area contributed by atoms with Gasteiger partial charge in [-0.15, -0.1) is 0 Å². The number of fused-ring (bicyclic) bond motifs is 1. The van der Waals surface area contributed by atoms with Crippen molar-refractivity contribution in [1.29, 1.82) is 0 Å². The van der Waals surface area contributed by atoms with Crippen molar-refractivity contribution in [3.63, 3.8) is 0 Å². The lowest BCUT2D eigenvalue weighted by molar-refractivity contribution is 0.102. The van der Waals surface area contributed by atoms with Crippen LogP contribution in [0.4, 0.5) is 11.5 Å². The standard InChI is InChI=1S/C19H21N3O3/c23-19(20-14-8-9-16-17(12-14)25-13-24-16)15-6-5-7-18(21-15)22-10-3-1-2-4-11-22/h5-9,12H,1-4,10-11,13H2,(H,20,23). The van der Waals surface area contributed by atoms with Crippen LogP contribution in [0, 0.1) is 0 Å². The van der Waals surface area contributed by atoms with E-state index in [9.17, 15) is 4.79 Å². The molecule has 130 valence electrons. The molecule has 3 heterocycles. The van der Waals surface area contributed by atoms with Gasteiger partial charge < -0.3 is 19.7 Å². The molecule has 4 rings (SSSR count). The highest BCUT2D eigenvalue weighted by Crippen LogP contribution is 2.34. The van der Waals surface area contributed by atoms with Crippen LogP contribution in [0.1, 0.15) is 36.2 Å². The first-order valence-electron chi connectivity index (χ1n) is 8.73. The number of carbonyl (C=O) groups excluding carboxylic acids is 1. The highest BCUT2D eigenvalue weighted by atomic mass is 16.7. The van der Waals surface area contributed by atoms with E-state index in [1.165, 1.54) is 25.7 Å². The molecule has 1 amide bonds. The highest BCUT2D eigenvalue weighted by molar-refractivity contribution is 6.03. The van der Waals surface area contributed by atoms with E-state index < -0.39 is 0 Å². The minimum absolute atomic E-state index is 0.214. The second kappa shape index (κ2) is 7.01. The van der Waals surface area contributed by atoms with E-state index in [0.29, 0.717) is 22.9 Å². The molecule has 6 nitrogen and oxygen atoms in total. The van der Waals surface area contributed by atoms with Crippen molar-refractivity contribution in [3.8, 4) is 11.5 Å². The minimum Gasteiger partial charge on any atom is -0.454 e. The molecule has 0 aliphatic carbocycles. The molecule has 2 aromatic rings. The van der Waals surface area contributed by atoms with Gasteiger partial charge in [0, 0.05) is 24.8 Å². The lowest BCUT2D eigenvalue weighted by atomic mass is 10.2. The van der Waals surface area contributed by atoms with Gasteiger partial charge in [-0.3, -0.25) is 4.79 Å². The lowest BCUT2D eigenvalue weighted by Crippen LogP contribution is -2.26. The van der Waals surface area contributed by atoms with E-state index in [2.05, 4.69) is 15.2 Å². The third-order valence-electron chi connectivity index (χ3n) is 4.53. The molecule has 2 aliphatic heterocycles. The van der Waals surface area contributed by atoms with Crippen LogP contribution < -0.4 is 19.7 Å². The van der Waals surface area contributed by atoms with E-state index in [4.69, 9.17) is 9.47 Å². The normalized spacial score (nSPS) is 16.4. The average molecular weight is 339 g/mol. The maximum absolute atomic E-state index is 12.6. The number of benzene rings is 1. The topological polar surface area (TPSA) is 63.7 Å². The van der Waals surface area contributed by atoms with Crippen molar-refractivity contribution in [1.82, 2.24) is 4.98 Å². The largest absolute Gasteiger partial charge is 0.454 e. The van der Waals surface area contributed by atoms with E-state index in [0.717, 1.165) is 18.9 Å². The summed E-state index contributed by atoms with van der Waals surface area (Å²) in [7, 11) is 0. The summed E-state index contributed by atoms with van der Waals surface area (Å²) in [4.78, 5) is 19.4. The molecular formula is C19H21N3O3. The van der Waals surface area contributed by atoms with Crippen LogP contribution in [0.5, 0.6) is 11.5 Å². The Morgan fingerprint density at radius 3 is 2.64 bits per heavy atom. The van der Waals surface area contributed by atoms with Crippen molar-refractivity contribution < 1.29 is 14.3 Å². The van der Waals surface area contributed by atoms with Crippen LogP contribution in [0.15, 0.2) is 36.4 Å². The second-order valence-corrected chi connectivity index (χ2v) is 6.30. The third kappa shape index (κ3) is 3.52. The summed E-state index contributed by atoms with van der Waals surface area (Å²) >= 11 is 0. The van der Waals surface area contributed by atoms with Gasteiger partial charge in [0.25, 0.3) is 5.91 Å². The van der Waals surface area contributed by atoms with Crippen molar-refractivity contribution in [2.75, 3.05) is 30.1 Å². The number of nitrogens with zero attached hydrogens (tertiary/aromatic N) is 2. The summed E-state index contributed by atoms with van der Waals surface area (Å²) < 4.78 is 10.6.